The average molecular weight is 609 g/mol. The average Bonchev–Trinajstić information content (AvgIpc) is 2.96. The van der Waals surface area contributed by atoms with Crippen LogP contribution in [-0.4, -0.2) is 83.0 Å². The van der Waals surface area contributed by atoms with Crippen molar-refractivity contribution in [2.24, 2.45) is 29.6 Å². The van der Waals surface area contributed by atoms with Crippen molar-refractivity contribution in [3.63, 3.8) is 0 Å². The maximum absolute atomic E-state index is 13.5. The van der Waals surface area contributed by atoms with Crippen LogP contribution in [0.25, 0.3) is 0 Å². The normalized spacial score (nSPS) is 37.3. The number of allylic oxidation sites excluding steroid dienone is 5. The molecule has 0 spiro atoms. The summed E-state index contributed by atoms with van der Waals surface area (Å²) in [5, 5.41) is 44.7. The van der Waals surface area contributed by atoms with E-state index in [1.807, 2.05) is 59.8 Å². The number of methoxy groups -OCH3 is 2. The van der Waals surface area contributed by atoms with Crippen molar-refractivity contribution in [3.05, 3.63) is 47.3 Å². The smallest absolute Gasteiger partial charge is 0.373 e. The van der Waals surface area contributed by atoms with E-state index >= 15 is 0 Å². The van der Waals surface area contributed by atoms with Crippen LogP contribution in [-0.2, 0) is 23.7 Å². The number of esters is 1. The van der Waals surface area contributed by atoms with Crippen LogP contribution in [0.15, 0.2) is 47.3 Å². The third-order valence-corrected chi connectivity index (χ3v) is 9.33. The minimum absolute atomic E-state index is 0.00306. The summed E-state index contributed by atoms with van der Waals surface area (Å²) in [7, 11) is 2.87. The van der Waals surface area contributed by atoms with Crippen LogP contribution in [0, 0.1) is 29.6 Å². The first-order valence-electron chi connectivity index (χ1n) is 15.6. The second-order valence-electron chi connectivity index (χ2n) is 12.8. The molecule has 9 nitrogen and oxygen atoms in total. The number of cyclic esters (lactones) is 1. The number of hydrogen-bond donors (Lipinski definition) is 4. The molecule has 2 aliphatic heterocycles. The maximum atomic E-state index is 13.5. The van der Waals surface area contributed by atoms with Gasteiger partial charge in [-0.25, -0.2) is 4.79 Å². The zero-order chi connectivity index (χ0) is 32.6. The zero-order valence-electron chi connectivity index (χ0n) is 27.7. The molecule has 2 rings (SSSR count). The summed E-state index contributed by atoms with van der Waals surface area (Å²) in [5.74, 6) is -4.46. The molecule has 0 aromatic heterocycles. The number of aliphatic hydroxyl groups is 4. The topological polar surface area (TPSA) is 135 Å². The molecule has 4 N–H and O–H groups in total. The van der Waals surface area contributed by atoms with Crippen molar-refractivity contribution in [2.75, 3.05) is 14.2 Å². The highest BCUT2D eigenvalue weighted by Gasteiger charge is 2.50. The molecule has 9 heteroatoms. The van der Waals surface area contributed by atoms with Crippen LogP contribution in [0.3, 0.4) is 0 Å². The molecule has 43 heavy (non-hydrogen) atoms. The summed E-state index contributed by atoms with van der Waals surface area (Å²) in [6, 6.07) is 0. The van der Waals surface area contributed by atoms with Crippen molar-refractivity contribution in [1.29, 1.82) is 0 Å². The molecule has 246 valence electrons. The lowest BCUT2D eigenvalue weighted by atomic mass is 9.77. The molecular formula is C34H56O9. The Labute approximate surface area is 258 Å². The fourth-order valence-corrected chi connectivity index (χ4v) is 6.31. The lowest BCUT2D eigenvalue weighted by Gasteiger charge is -2.48. The molecule has 1 fully saturated rings. The largest absolute Gasteiger partial charge is 0.490 e. The molecule has 0 radical (unpaired) electrons. The number of aliphatic hydroxyl groups excluding tert-OH is 3. The second-order valence-corrected chi connectivity index (χ2v) is 12.8. The monoisotopic (exact) mass is 608 g/mol. The molecule has 9 unspecified atom stereocenters. The Bertz CT molecular complexity index is 1030. The van der Waals surface area contributed by atoms with Gasteiger partial charge in [0.25, 0.3) is 0 Å². The summed E-state index contributed by atoms with van der Waals surface area (Å²) in [5.41, 5.74) is 1.78. The van der Waals surface area contributed by atoms with E-state index in [9.17, 15) is 25.2 Å². The van der Waals surface area contributed by atoms with Crippen molar-refractivity contribution < 1.29 is 44.2 Å². The summed E-state index contributed by atoms with van der Waals surface area (Å²) in [6.45, 7) is 15.0. The van der Waals surface area contributed by atoms with E-state index in [1.54, 1.807) is 26.0 Å². The van der Waals surface area contributed by atoms with Crippen molar-refractivity contribution in [1.82, 2.24) is 0 Å². The highest BCUT2D eigenvalue weighted by Crippen LogP contribution is 2.40. The number of carbonyl (C=O) groups is 1. The van der Waals surface area contributed by atoms with E-state index in [1.165, 1.54) is 14.2 Å². The Kier molecular flexibility index (Phi) is 14.1. The first kappa shape index (κ1) is 37.2. The minimum atomic E-state index is -1.78. The molecule has 0 bridgehead atoms. The first-order valence-corrected chi connectivity index (χ1v) is 15.6. The highest BCUT2D eigenvalue weighted by molar-refractivity contribution is 5.87. The molecule has 12 atom stereocenters. The molecule has 2 heterocycles. The third-order valence-electron chi connectivity index (χ3n) is 9.33. The van der Waals surface area contributed by atoms with Gasteiger partial charge in [-0.2, -0.15) is 0 Å². The van der Waals surface area contributed by atoms with Crippen LogP contribution >= 0.6 is 0 Å². The lowest BCUT2D eigenvalue weighted by molar-refractivity contribution is -0.322. The van der Waals surface area contributed by atoms with Gasteiger partial charge in [-0.3, -0.25) is 0 Å². The molecule has 0 aromatic carbocycles. The Morgan fingerprint density at radius 1 is 1.14 bits per heavy atom. The van der Waals surface area contributed by atoms with E-state index in [4.69, 9.17) is 18.9 Å². The van der Waals surface area contributed by atoms with Gasteiger partial charge in [0, 0.05) is 37.2 Å². The number of rotatable bonds is 7. The maximum Gasteiger partial charge on any atom is 0.373 e. The van der Waals surface area contributed by atoms with Gasteiger partial charge in [0.1, 0.15) is 12.2 Å². The molecular weight excluding hydrogens is 552 g/mol. The molecule has 2 aliphatic rings. The van der Waals surface area contributed by atoms with E-state index in [0.29, 0.717) is 12.8 Å². The lowest BCUT2D eigenvalue weighted by Crippen LogP contribution is -2.58. The summed E-state index contributed by atoms with van der Waals surface area (Å²) in [4.78, 5) is 13.5. The van der Waals surface area contributed by atoms with Gasteiger partial charge in [0.2, 0.25) is 5.76 Å². The van der Waals surface area contributed by atoms with Crippen LogP contribution in [0.1, 0.15) is 74.7 Å². The highest BCUT2D eigenvalue weighted by atomic mass is 16.6. The fourth-order valence-electron chi connectivity index (χ4n) is 6.31. The SMILES string of the molecule is CCC1OC(O)(C(C)C(O)C(C)C2OC(=O)C(OC)=CC(C)=CC(C)C(O)[C@H](C)CC(C)=CC=C[C@@H]2OC)CC(O)[C@H]1C. The van der Waals surface area contributed by atoms with Crippen LogP contribution in [0.5, 0.6) is 0 Å². The first-order chi connectivity index (χ1) is 20.1. The van der Waals surface area contributed by atoms with Gasteiger partial charge in [-0.1, -0.05) is 77.0 Å². The van der Waals surface area contributed by atoms with Gasteiger partial charge in [0.05, 0.1) is 31.5 Å². The molecule has 0 aliphatic carbocycles. The Morgan fingerprint density at radius 3 is 2.37 bits per heavy atom. The molecule has 1 saturated heterocycles. The minimum Gasteiger partial charge on any atom is -0.490 e. The summed E-state index contributed by atoms with van der Waals surface area (Å²) >= 11 is 0. The predicted octanol–water partition coefficient (Wildman–Crippen LogP) is 4.45. The second kappa shape index (κ2) is 16.3. The molecule has 0 aromatic rings. The van der Waals surface area contributed by atoms with Gasteiger partial charge in [-0.05, 0) is 38.7 Å². The van der Waals surface area contributed by atoms with Gasteiger partial charge in [0.15, 0.2) is 5.79 Å². The quantitative estimate of drug-likeness (QED) is 0.309. The zero-order valence-corrected chi connectivity index (χ0v) is 27.7. The molecule has 0 saturated carbocycles. The number of ether oxygens (including phenoxy) is 4. The van der Waals surface area contributed by atoms with E-state index < -0.39 is 54.1 Å². The van der Waals surface area contributed by atoms with E-state index in [2.05, 4.69) is 0 Å². The summed E-state index contributed by atoms with van der Waals surface area (Å²) in [6.07, 6.45) is 5.52. The van der Waals surface area contributed by atoms with Gasteiger partial charge >= 0.3 is 5.97 Å². The van der Waals surface area contributed by atoms with Crippen LogP contribution in [0.2, 0.25) is 0 Å². The molecule has 0 amide bonds. The Morgan fingerprint density at radius 2 is 1.79 bits per heavy atom. The Hall–Kier alpha value is -2.01. The van der Waals surface area contributed by atoms with E-state index in [-0.39, 0.29) is 36.0 Å². The van der Waals surface area contributed by atoms with Gasteiger partial charge in [-0.15, -0.1) is 0 Å². The van der Waals surface area contributed by atoms with Crippen LogP contribution in [0.4, 0.5) is 0 Å². The van der Waals surface area contributed by atoms with Crippen LogP contribution < -0.4 is 0 Å². The predicted molar refractivity (Wildman–Crippen MR) is 166 cm³/mol. The summed E-state index contributed by atoms with van der Waals surface area (Å²) < 4.78 is 23.2. The Balaban J connectivity index is 2.51. The van der Waals surface area contributed by atoms with Crippen molar-refractivity contribution in [2.45, 2.75) is 117 Å². The third kappa shape index (κ3) is 9.49. The number of hydrogen-bond acceptors (Lipinski definition) is 9. The van der Waals surface area contributed by atoms with Gasteiger partial charge < -0.3 is 39.4 Å². The van der Waals surface area contributed by atoms with Crippen molar-refractivity contribution in [3.8, 4) is 0 Å². The van der Waals surface area contributed by atoms with E-state index in [0.717, 1.165) is 11.1 Å². The fraction of sp³-hybridized carbons (Fsp3) is 0.735. The standard InChI is InChI=1S/C34H56O9/c1-11-27-23(6)26(35)18-34(39,43-27)25(8)31(37)24(7)32-28(40-9)14-12-13-19(2)15-21(4)30(36)22(5)16-20(3)17-29(41-10)33(38)42-32/h12-14,16-17,21-28,30-32,35-37,39H,11,15,18H2,1-10H3/t21-,22?,23-,24?,25?,26?,27?,28+,30?,31?,32?,34?/m1/s1. The van der Waals surface area contributed by atoms with Crippen molar-refractivity contribution >= 4 is 5.97 Å². The number of carbonyl (C=O) groups excluding carboxylic acids is 1.